The van der Waals surface area contributed by atoms with Crippen LogP contribution in [0.1, 0.15) is 31.7 Å². The molecule has 33 heavy (non-hydrogen) atoms. The van der Waals surface area contributed by atoms with Crippen molar-refractivity contribution >= 4 is 0 Å². The van der Waals surface area contributed by atoms with Crippen molar-refractivity contribution in [1.82, 2.24) is 14.7 Å². The van der Waals surface area contributed by atoms with E-state index >= 15 is 0 Å². The van der Waals surface area contributed by atoms with Crippen molar-refractivity contribution in [1.29, 1.82) is 0 Å². The minimum absolute atomic E-state index is 0.405. The Hall–Kier alpha value is -3.09. The third-order valence-corrected chi connectivity index (χ3v) is 5.50. The molecule has 1 N–H and O–H groups in total. The molecule has 0 bridgehead atoms. The molecule has 3 rings (SSSR count). The molecule has 1 heterocycles. The second-order valence-electron chi connectivity index (χ2n) is 8.15. The average molecular weight is 450 g/mol. The molecule has 6 heteroatoms. The first-order chi connectivity index (χ1) is 16.0. The van der Waals surface area contributed by atoms with Gasteiger partial charge in [0.1, 0.15) is 17.2 Å². The molecule has 1 atom stereocenters. The predicted molar refractivity (Wildman–Crippen MR) is 133 cm³/mol. The van der Waals surface area contributed by atoms with Gasteiger partial charge in [-0.2, -0.15) is 5.10 Å². The lowest BCUT2D eigenvalue weighted by molar-refractivity contribution is 0.102. The average Bonchev–Trinajstić information content (AvgIpc) is 3.13. The highest BCUT2D eigenvalue weighted by atomic mass is 16.5. The summed E-state index contributed by atoms with van der Waals surface area (Å²) in [5.74, 6) is 2.19. The molecule has 1 aromatic heterocycles. The van der Waals surface area contributed by atoms with Crippen LogP contribution in [0.15, 0.2) is 67.3 Å². The van der Waals surface area contributed by atoms with Crippen LogP contribution in [-0.2, 0) is 13.6 Å². The minimum atomic E-state index is -0.405. The zero-order valence-corrected chi connectivity index (χ0v) is 19.9. The number of rotatable bonds is 13. The third-order valence-electron chi connectivity index (χ3n) is 5.50. The molecule has 3 aromatic rings. The van der Waals surface area contributed by atoms with Crippen molar-refractivity contribution in [3.8, 4) is 28.6 Å². The normalized spacial score (nSPS) is 12.0. The standard InChI is InChI=1S/C27H35N3O3/c1-5-7-13-22(31)19-30(18-6-2)20-25-26(21-11-9-8-10-12-21)28-29(3)27(25)33-24-16-14-23(32-4)15-17-24/h5,8-12,14-17,22,31H,1,6-7,13,18-20H2,2-4H3. The van der Waals surface area contributed by atoms with Crippen LogP contribution in [0, 0.1) is 0 Å². The van der Waals surface area contributed by atoms with Gasteiger partial charge in [0.15, 0.2) is 0 Å². The van der Waals surface area contributed by atoms with Crippen LogP contribution in [0.3, 0.4) is 0 Å². The topological polar surface area (TPSA) is 59.8 Å². The Morgan fingerprint density at radius 1 is 1.12 bits per heavy atom. The first-order valence-corrected chi connectivity index (χ1v) is 11.5. The molecule has 6 nitrogen and oxygen atoms in total. The summed E-state index contributed by atoms with van der Waals surface area (Å²) in [7, 11) is 3.55. The highest BCUT2D eigenvalue weighted by molar-refractivity contribution is 5.65. The first kappa shape index (κ1) is 24.6. The fourth-order valence-electron chi connectivity index (χ4n) is 3.88. The van der Waals surface area contributed by atoms with E-state index in [0.717, 1.165) is 42.0 Å². The lowest BCUT2D eigenvalue weighted by Crippen LogP contribution is -2.33. The van der Waals surface area contributed by atoms with Crippen molar-refractivity contribution in [2.24, 2.45) is 7.05 Å². The highest BCUT2D eigenvalue weighted by Gasteiger charge is 2.23. The summed E-state index contributed by atoms with van der Waals surface area (Å²) in [4.78, 5) is 2.28. The van der Waals surface area contributed by atoms with Crippen molar-refractivity contribution in [3.63, 3.8) is 0 Å². The summed E-state index contributed by atoms with van der Waals surface area (Å²) in [6.07, 6.45) is 3.94. The Bertz CT molecular complexity index is 999. The second kappa shape index (κ2) is 12.2. The van der Waals surface area contributed by atoms with Crippen LogP contribution in [0.25, 0.3) is 11.3 Å². The fraction of sp³-hybridized carbons (Fsp3) is 0.370. The van der Waals surface area contributed by atoms with Gasteiger partial charge in [-0.25, -0.2) is 4.68 Å². The molecule has 0 saturated heterocycles. The maximum absolute atomic E-state index is 10.5. The van der Waals surface area contributed by atoms with E-state index in [-0.39, 0.29) is 0 Å². The monoisotopic (exact) mass is 449 g/mol. The van der Waals surface area contributed by atoms with Gasteiger partial charge in [0.05, 0.1) is 18.8 Å². The summed E-state index contributed by atoms with van der Waals surface area (Å²) < 4.78 is 13.4. The molecule has 0 fully saturated rings. The maximum Gasteiger partial charge on any atom is 0.222 e. The zero-order valence-electron chi connectivity index (χ0n) is 19.9. The number of hydrogen-bond acceptors (Lipinski definition) is 5. The van der Waals surface area contributed by atoms with Crippen molar-refractivity contribution in [2.75, 3.05) is 20.2 Å². The number of ether oxygens (including phenoxy) is 2. The smallest absolute Gasteiger partial charge is 0.222 e. The van der Waals surface area contributed by atoms with Gasteiger partial charge in [-0.05, 0) is 50.1 Å². The quantitative estimate of drug-likeness (QED) is 0.353. The number of allylic oxidation sites excluding steroid dienone is 1. The van der Waals surface area contributed by atoms with Gasteiger partial charge < -0.3 is 14.6 Å². The Labute approximate surface area is 197 Å². The summed E-state index contributed by atoms with van der Waals surface area (Å²) in [5, 5.41) is 15.4. The summed E-state index contributed by atoms with van der Waals surface area (Å²) in [5.41, 5.74) is 2.93. The minimum Gasteiger partial charge on any atom is -0.497 e. The van der Waals surface area contributed by atoms with Gasteiger partial charge in [0.25, 0.3) is 0 Å². The van der Waals surface area contributed by atoms with E-state index in [4.69, 9.17) is 14.6 Å². The number of aryl methyl sites for hydroxylation is 1. The van der Waals surface area contributed by atoms with E-state index in [9.17, 15) is 5.11 Å². The van der Waals surface area contributed by atoms with Crippen molar-refractivity contribution < 1.29 is 14.6 Å². The second-order valence-corrected chi connectivity index (χ2v) is 8.15. The number of benzene rings is 2. The summed E-state index contributed by atoms with van der Waals surface area (Å²) in [6.45, 7) is 8.01. The van der Waals surface area contributed by atoms with Gasteiger partial charge in [0, 0.05) is 25.7 Å². The highest BCUT2D eigenvalue weighted by Crippen LogP contribution is 2.34. The molecule has 0 aliphatic carbocycles. The Kier molecular flexibility index (Phi) is 9.10. The molecule has 0 spiro atoms. The molecule has 0 aliphatic heterocycles. The predicted octanol–water partition coefficient (Wildman–Crippen LogP) is 5.43. The SMILES string of the molecule is C=CCCC(O)CN(CCC)Cc1c(-c2ccccc2)nn(C)c1Oc1ccc(OC)cc1. The Morgan fingerprint density at radius 3 is 2.45 bits per heavy atom. The van der Waals surface area contributed by atoms with Crippen LogP contribution in [0.4, 0.5) is 0 Å². The molecule has 0 radical (unpaired) electrons. The van der Waals surface area contributed by atoms with E-state index in [1.54, 1.807) is 11.8 Å². The number of aromatic nitrogens is 2. The van der Waals surface area contributed by atoms with Crippen molar-refractivity contribution in [3.05, 3.63) is 72.8 Å². The summed E-state index contributed by atoms with van der Waals surface area (Å²) in [6, 6.07) is 17.7. The van der Waals surface area contributed by atoms with E-state index in [2.05, 4.69) is 30.5 Å². The van der Waals surface area contributed by atoms with Gasteiger partial charge in [0.2, 0.25) is 5.88 Å². The number of aliphatic hydroxyl groups excluding tert-OH is 1. The zero-order chi connectivity index (χ0) is 23.6. The largest absolute Gasteiger partial charge is 0.497 e. The van der Waals surface area contributed by atoms with E-state index in [1.165, 1.54) is 0 Å². The number of nitrogens with zero attached hydrogens (tertiary/aromatic N) is 3. The lowest BCUT2D eigenvalue weighted by atomic mass is 10.1. The summed E-state index contributed by atoms with van der Waals surface area (Å²) >= 11 is 0. The van der Waals surface area contributed by atoms with Crippen LogP contribution in [0.5, 0.6) is 17.4 Å². The van der Waals surface area contributed by atoms with Gasteiger partial charge in [-0.15, -0.1) is 6.58 Å². The van der Waals surface area contributed by atoms with Crippen LogP contribution < -0.4 is 9.47 Å². The molecule has 176 valence electrons. The number of hydrogen-bond donors (Lipinski definition) is 1. The molecule has 0 aliphatic rings. The van der Waals surface area contributed by atoms with Crippen LogP contribution in [0.2, 0.25) is 0 Å². The van der Waals surface area contributed by atoms with Gasteiger partial charge >= 0.3 is 0 Å². The molecule has 2 aromatic carbocycles. The molecule has 0 saturated carbocycles. The maximum atomic E-state index is 10.5. The Morgan fingerprint density at radius 2 is 1.82 bits per heavy atom. The van der Waals surface area contributed by atoms with Crippen molar-refractivity contribution in [2.45, 2.75) is 38.8 Å². The van der Waals surface area contributed by atoms with Crippen LogP contribution in [-0.4, -0.2) is 46.1 Å². The van der Waals surface area contributed by atoms with Gasteiger partial charge in [-0.1, -0.05) is 43.3 Å². The number of aliphatic hydroxyl groups is 1. The van der Waals surface area contributed by atoms with E-state index in [0.29, 0.717) is 31.1 Å². The van der Waals surface area contributed by atoms with Gasteiger partial charge in [-0.3, -0.25) is 4.90 Å². The molecular weight excluding hydrogens is 414 g/mol. The molecular formula is C27H35N3O3. The molecule has 1 unspecified atom stereocenters. The fourth-order valence-corrected chi connectivity index (χ4v) is 3.88. The first-order valence-electron chi connectivity index (χ1n) is 11.5. The molecule has 0 amide bonds. The lowest BCUT2D eigenvalue weighted by Gasteiger charge is -2.25. The third kappa shape index (κ3) is 6.70. The van der Waals surface area contributed by atoms with E-state index in [1.807, 2.05) is 55.6 Å². The van der Waals surface area contributed by atoms with Crippen LogP contribution >= 0.6 is 0 Å². The number of methoxy groups -OCH3 is 1. The van der Waals surface area contributed by atoms with E-state index < -0.39 is 6.10 Å². The Balaban J connectivity index is 1.95.